The second-order valence-electron chi connectivity index (χ2n) is 7.07. The van der Waals surface area contributed by atoms with Crippen LogP contribution >= 0.6 is 15.9 Å². The third-order valence-electron chi connectivity index (χ3n) is 4.92. The molecule has 2 fully saturated rings. The predicted octanol–water partition coefficient (Wildman–Crippen LogP) is 4.71. The Balaban J connectivity index is 2.10. The van der Waals surface area contributed by atoms with Crippen LogP contribution in [0.25, 0.3) is 0 Å². The monoisotopic (exact) mass is 304 g/mol. The molecule has 0 spiro atoms. The average Bonchev–Trinajstić information content (AvgIpc) is 2.69. The summed E-state index contributed by atoms with van der Waals surface area (Å²) < 4.78 is 6.71. The van der Waals surface area contributed by atoms with E-state index >= 15 is 0 Å². The van der Waals surface area contributed by atoms with Crippen molar-refractivity contribution < 1.29 is 4.43 Å². The molecule has 0 amide bonds. The maximum Gasteiger partial charge on any atom is 0.192 e. The molecule has 0 aromatic carbocycles. The quantitative estimate of drug-likeness (QED) is 0.530. The molecule has 0 unspecified atom stereocenters. The van der Waals surface area contributed by atoms with Crippen molar-refractivity contribution in [2.24, 2.45) is 5.92 Å². The summed E-state index contributed by atoms with van der Waals surface area (Å²) in [6.45, 7) is 11.8. The second-order valence-corrected chi connectivity index (χ2v) is 12.8. The fourth-order valence-corrected chi connectivity index (χ4v) is 5.76. The topological polar surface area (TPSA) is 9.23 Å². The van der Waals surface area contributed by atoms with Gasteiger partial charge in [-0.25, -0.2) is 0 Å². The molecule has 0 aromatic heterocycles. The molecule has 1 nitrogen and oxygen atoms in total. The van der Waals surface area contributed by atoms with Gasteiger partial charge in [0, 0.05) is 10.7 Å². The van der Waals surface area contributed by atoms with Crippen LogP contribution in [0.1, 0.15) is 46.5 Å². The van der Waals surface area contributed by atoms with Crippen molar-refractivity contribution in [3.05, 3.63) is 0 Å². The number of alkyl halides is 1. The van der Waals surface area contributed by atoms with Crippen molar-refractivity contribution in [1.82, 2.24) is 0 Å². The highest BCUT2D eigenvalue weighted by atomic mass is 79.9. The van der Waals surface area contributed by atoms with E-state index in [4.69, 9.17) is 4.43 Å². The van der Waals surface area contributed by atoms with E-state index in [1.54, 1.807) is 0 Å². The Hall–Kier alpha value is 0.657. The van der Waals surface area contributed by atoms with Crippen molar-refractivity contribution in [1.29, 1.82) is 0 Å². The van der Waals surface area contributed by atoms with E-state index in [-0.39, 0.29) is 5.60 Å². The van der Waals surface area contributed by atoms with E-state index in [2.05, 4.69) is 49.8 Å². The fraction of sp³-hybridized carbons (Fsp3) is 1.00. The summed E-state index contributed by atoms with van der Waals surface area (Å²) in [7, 11) is -1.59. The molecule has 0 radical (unpaired) electrons. The van der Waals surface area contributed by atoms with Gasteiger partial charge in [-0.3, -0.25) is 0 Å². The summed E-state index contributed by atoms with van der Waals surface area (Å²) in [4.78, 5) is 0.636. The van der Waals surface area contributed by atoms with Crippen molar-refractivity contribution in [3.8, 4) is 0 Å². The highest BCUT2D eigenvalue weighted by Gasteiger charge is 2.67. The van der Waals surface area contributed by atoms with Crippen LogP contribution in [0, 0.1) is 5.92 Å². The molecule has 0 saturated heterocycles. The molecule has 3 heteroatoms. The Bertz CT molecular complexity index is 284. The molecule has 0 heterocycles. The molecule has 0 aliphatic heterocycles. The third kappa shape index (κ3) is 1.93. The first-order valence-corrected chi connectivity index (χ1v) is 10.4. The Morgan fingerprint density at radius 2 is 1.88 bits per heavy atom. The molecule has 16 heavy (non-hydrogen) atoms. The lowest BCUT2D eigenvalue weighted by molar-refractivity contribution is 0.112. The van der Waals surface area contributed by atoms with Crippen molar-refractivity contribution >= 4 is 24.2 Å². The van der Waals surface area contributed by atoms with Crippen molar-refractivity contribution in [3.63, 3.8) is 0 Å². The summed E-state index contributed by atoms with van der Waals surface area (Å²) in [5.74, 6) is 0.801. The van der Waals surface area contributed by atoms with Crippen LogP contribution in [0.2, 0.25) is 18.1 Å². The molecule has 0 aromatic rings. The van der Waals surface area contributed by atoms with Crippen LogP contribution in [0.15, 0.2) is 0 Å². The minimum absolute atomic E-state index is 0.223. The Morgan fingerprint density at radius 3 is 2.38 bits per heavy atom. The van der Waals surface area contributed by atoms with Gasteiger partial charge in [-0.15, -0.1) is 0 Å². The Kier molecular flexibility index (Phi) is 3.13. The van der Waals surface area contributed by atoms with E-state index in [1.165, 1.54) is 25.7 Å². The molecule has 2 rings (SSSR count). The smallest absolute Gasteiger partial charge is 0.192 e. The van der Waals surface area contributed by atoms with Crippen LogP contribution in [0.4, 0.5) is 0 Å². The van der Waals surface area contributed by atoms with Gasteiger partial charge in [0.25, 0.3) is 0 Å². The number of hydrogen-bond acceptors (Lipinski definition) is 1. The lowest BCUT2D eigenvalue weighted by Crippen LogP contribution is -2.46. The van der Waals surface area contributed by atoms with Gasteiger partial charge in [-0.2, -0.15) is 0 Å². The highest BCUT2D eigenvalue weighted by Crippen LogP contribution is 2.62. The number of fused-ring (bicyclic) bond motifs is 1. The first-order chi connectivity index (χ1) is 7.21. The van der Waals surface area contributed by atoms with E-state index < -0.39 is 8.32 Å². The molecular formula is C13H25BrOSi. The van der Waals surface area contributed by atoms with Crippen molar-refractivity contribution in [2.45, 2.75) is 75.0 Å². The minimum atomic E-state index is -1.59. The largest absolute Gasteiger partial charge is 0.410 e. The molecule has 2 aliphatic carbocycles. The fourth-order valence-electron chi connectivity index (χ4n) is 2.73. The molecule has 2 aliphatic rings. The zero-order chi connectivity index (χ0) is 12.2. The Labute approximate surface area is 110 Å². The standard InChI is InChI=1S/C13H25BrOSi/c1-12(2,3)16(4,5)15-13-9-7-6-8-10(13)11(13)14/h10-11H,6-9H2,1-5H3/t10-,11-,13+/m0/s1. The normalized spacial score (nSPS) is 39.4. The van der Waals surface area contributed by atoms with Crippen LogP contribution in [-0.2, 0) is 4.43 Å². The van der Waals surface area contributed by atoms with Crippen molar-refractivity contribution in [2.75, 3.05) is 0 Å². The van der Waals surface area contributed by atoms with E-state index in [0.29, 0.717) is 9.87 Å². The molecule has 0 N–H and O–H groups in total. The number of rotatable bonds is 2. The maximum absolute atomic E-state index is 6.71. The zero-order valence-electron chi connectivity index (χ0n) is 11.3. The first kappa shape index (κ1) is 13.1. The third-order valence-corrected chi connectivity index (χ3v) is 10.8. The lowest BCUT2D eigenvalue weighted by Gasteiger charge is -2.41. The van der Waals surface area contributed by atoms with E-state index in [0.717, 1.165) is 5.92 Å². The van der Waals surface area contributed by atoms with Gasteiger partial charge in [0.2, 0.25) is 0 Å². The summed E-state index contributed by atoms with van der Waals surface area (Å²) in [6.07, 6.45) is 5.40. The summed E-state index contributed by atoms with van der Waals surface area (Å²) in [5, 5.41) is 0.332. The van der Waals surface area contributed by atoms with Crippen LogP contribution in [-0.4, -0.2) is 18.7 Å². The number of hydrogen-bond donors (Lipinski definition) is 0. The zero-order valence-corrected chi connectivity index (χ0v) is 13.9. The summed E-state index contributed by atoms with van der Waals surface area (Å²) >= 11 is 3.85. The first-order valence-electron chi connectivity index (χ1n) is 6.55. The number of halogens is 1. The van der Waals surface area contributed by atoms with Crippen LogP contribution in [0.5, 0.6) is 0 Å². The van der Waals surface area contributed by atoms with E-state index in [1.807, 2.05) is 0 Å². The SMILES string of the molecule is CC(C)(C)[Si](C)(C)O[C@]12CCCC[C@H]1[C@@H]2Br. The molecule has 0 bridgehead atoms. The van der Waals surface area contributed by atoms with Gasteiger partial charge < -0.3 is 4.43 Å². The van der Waals surface area contributed by atoms with E-state index in [9.17, 15) is 0 Å². The molecule has 94 valence electrons. The summed E-state index contributed by atoms with van der Waals surface area (Å²) in [5.41, 5.74) is 0.223. The Morgan fingerprint density at radius 1 is 1.25 bits per heavy atom. The van der Waals surface area contributed by atoms with Gasteiger partial charge >= 0.3 is 0 Å². The van der Waals surface area contributed by atoms with Gasteiger partial charge in [-0.05, 0) is 31.0 Å². The van der Waals surface area contributed by atoms with Gasteiger partial charge in [-0.1, -0.05) is 49.5 Å². The lowest BCUT2D eigenvalue weighted by atomic mass is 9.98. The predicted molar refractivity (Wildman–Crippen MR) is 75.7 cm³/mol. The maximum atomic E-state index is 6.71. The molecular weight excluding hydrogens is 280 g/mol. The second kappa shape index (κ2) is 3.82. The molecule has 2 saturated carbocycles. The van der Waals surface area contributed by atoms with Crippen LogP contribution in [0.3, 0.4) is 0 Å². The summed E-state index contributed by atoms with van der Waals surface area (Å²) in [6, 6.07) is 0. The van der Waals surface area contributed by atoms with Gasteiger partial charge in [0.1, 0.15) is 0 Å². The van der Waals surface area contributed by atoms with Gasteiger partial charge in [0.05, 0.1) is 5.60 Å². The van der Waals surface area contributed by atoms with Gasteiger partial charge in [0.15, 0.2) is 8.32 Å². The molecule has 3 atom stereocenters. The highest BCUT2D eigenvalue weighted by molar-refractivity contribution is 9.09. The minimum Gasteiger partial charge on any atom is -0.410 e. The van der Waals surface area contributed by atoms with Crippen LogP contribution < -0.4 is 0 Å². The average molecular weight is 305 g/mol.